The lowest BCUT2D eigenvalue weighted by Gasteiger charge is -2.09. The summed E-state index contributed by atoms with van der Waals surface area (Å²) in [5.74, 6) is 0.919. The molecule has 2 rings (SSSR count). The third-order valence-corrected chi connectivity index (χ3v) is 2.41. The van der Waals surface area contributed by atoms with Gasteiger partial charge in [0.25, 0.3) is 0 Å². The van der Waals surface area contributed by atoms with E-state index in [4.69, 9.17) is 4.74 Å². The Morgan fingerprint density at radius 2 is 2.06 bits per heavy atom. The van der Waals surface area contributed by atoms with Gasteiger partial charge < -0.3 is 4.74 Å². The molecule has 4 nitrogen and oxygen atoms in total. The van der Waals surface area contributed by atoms with Crippen molar-refractivity contribution in [1.29, 1.82) is 0 Å². The summed E-state index contributed by atoms with van der Waals surface area (Å²) in [6.07, 6.45) is 2.82. The second-order valence-electron chi connectivity index (χ2n) is 4.46. The zero-order valence-corrected chi connectivity index (χ0v) is 10.5. The first-order valence-corrected chi connectivity index (χ1v) is 5.94. The Hall–Kier alpha value is -2.10. The number of imidazole rings is 1. The van der Waals surface area contributed by atoms with E-state index in [0.29, 0.717) is 18.3 Å². The molecule has 0 amide bonds. The van der Waals surface area contributed by atoms with E-state index in [1.165, 1.54) is 4.57 Å². The van der Waals surface area contributed by atoms with Gasteiger partial charge in [-0.3, -0.25) is 0 Å². The van der Waals surface area contributed by atoms with Gasteiger partial charge in [0.1, 0.15) is 5.82 Å². The number of rotatable bonds is 3. The lowest BCUT2D eigenvalue weighted by Crippen LogP contribution is -2.16. The molecule has 0 bridgehead atoms. The lowest BCUT2D eigenvalue weighted by atomic mass is 10.2. The summed E-state index contributed by atoms with van der Waals surface area (Å²) in [5.41, 5.74) is 0.893. The smallest absolute Gasteiger partial charge is 0.419 e. The average molecular weight is 244 g/mol. The molecule has 0 atom stereocenters. The SMILES string of the molecule is CC(C)COC(=O)n1ccnc1-c1ccccc1. The number of ether oxygens (including phenoxy) is 1. The molecule has 0 aliphatic rings. The van der Waals surface area contributed by atoms with Gasteiger partial charge in [-0.05, 0) is 5.92 Å². The summed E-state index contributed by atoms with van der Waals surface area (Å²) < 4.78 is 6.62. The molecule has 18 heavy (non-hydrogen) atoms. The first kappa shape index (κ1) is 12.4. The Labute approximate surface area is 106 Å². The third-order valence-electron chi connectivity index (χ3n) is 2.41. The highest BCUT2D eigenvalue weighted by atomic mass is 16.5. The van der Waals surface area contributed by atoms with Crippen LogP contribution in [-0.4, -0.2) is 22.3 Å². The second-order valence-corrected chi connectivity index (χ2v) is 4.46. The van der Waals surface area contributed by atoms with Crippen LogP contribution in [0, 0.1) is 5.92 Å². The van der Waals surface area contributed by atoms with Crippen LogP contribution in [0.2, 0.25) is 0 Å². The van der Waals surface area contributed by atoms with Crippen molar-refractivity contribution in [3.8, 4) is 11.4 Å². The zero-order valence-electron chi connectivity index (χ0n) is 10.5. The summed E-state index contributed by atoms with van der Waals surface area (Å²) in [6, 6.07) is 9.57. The van der Waals surface area contributed by atoms with Gasteiger partial charge in [-0.1, -0.05) is 44.2 Å². The first-order chi connectivity index (χ1) is 8.68. The molecule has 0 saturated heterocycles. The summed E-state index contributed by atoms with van der Waals surface area (Å²) in [4.78, 5) is 16.1. The standard InChI is InChI=1S/C14H16N2O2/c1-11(2)10-18-14(17)16-9-8-15-13(16)12-6-4-3-5-7-12/h3-9,11H,10H2,1-2H3. The normalized spacial score (nSPS) is 10.6. The predicted octanol–water partition coefficient (Wildman–Crippen LogP) is 3.19. The Bertz CT molecular complexity index is 518. The fourth-order valence-corrected chi connectivity index (χ4v) is 1.56. The summed E-state index contributed by atoms with van der Waals surface area (Å²) in [7, 11) is 0. The van der Waals surface area contributed by atoms with Crippen molar-refractivity contribution in [1.82, 2.24) is 9.55 Å². The van der Waals surface area contributed by atoms with Gasteiger partial charge in [-0.15, -0.1) is 0 Å². The van der Waals surface area contributed by atoms with E-state index in [1.54, 1.807) is 12.4 Å². The molecule has 4 heteroatoms. The van der Waals surface area contributed by atoms with Crippen molar-refractivity contribution in [2.24, 2.45) is 5.92 Å². The lowest BCUT2D eigenvalue weighted by molar-refractivity contribution is 0.135. The maximum Gasteiger partial charge on any atom is 0.419 e. The number of aromatic nitrogens is 2. The highest BCUT2D eigenvalue weighted by Gasteiger charge is 2.13. The van der Waals surface area contributed by atoms with Gasteiger partial charge in [0.15, 0.2) is 0 Å². The zero-order chi connectivity index (χ0) is 13.0. The Morgan fingerprint density at radius 3 is 2.72 bits per heavy atom. The number of hydrogen-bond donors (Lipinski definition) is 0. The van der Waals surface area contributed by atoms with Crippen LogP contribution in [0.25, 0.3) is 11.4 Å². The molecule has 1 aromatic carbocycles. The van der Waals surface area contributed by atoms with E-state index >= 15 is 0 Å². The summed E-state index contributed by atoms with van der Waals surface area (Å²) >= 11 is 0. The number of benzene rings is 1. The highest BCUT2D eigenvalue weighted by molar-refractivity contribution is 5.76. The van der Waals surface area contributed by atoms with Crippen LogP contribution >= 0.6 is 0 Å². The van der Waals surface area contributed by atoms with E-state index < -0.39 is 0 Å². The Kier molecular flexibility index (Phi) is 3.77. The number of nitrogens with zero attached hydrogens (tertiary/aromatic N) is 2. The van der Waals surface area contributed by atoms with Crippen molar-refractivity contribution < 1.29 is 9.53 Å². The summed E-state index contributed by atoms with van der Waals surface area (Å²) in [6.45, 7) is 4.41. The van der Waals surface area contributed by atoms with Gasteiger partial charge in [0.2, 0.25) is 0 Å². The van der Waals surface area contributed by atoms with Gasteiger partial charge in [-0.25, -0.2) is 14.3 Å². The maximum atomic E-state index is 11.9. The molecule has 0 unspecified atom stereocenters. The molecule has 94 valence electrons. The maximum absolute atomic E-state index is 11.9. The predicted molar refractivity (Wildman–Crippen MR) is 69.2 cm³/mol. The van der Waals surface area contributed by atoms with E-state index in [0.717, 1.165) is 5.56 Å². The molecular formula is C14H16N2O2. The van der Waals surface area contributed by atoms with Gasteiger partial charge in [0, 0.05) is 18.0 Å². The fraction of sp³-hybridized carbons (Fsp3) is 0.286. The molecule has 1 heterocycles. The van der Waals surface area contributed by atoms with Crippen LogP contribution in [0.3, 0.4) is 0 Å². The van der Waals surface area contributed by atoms with E-state index in [2.05, 4.69) is 4.98 Å². The van der Waals surface area contributed by atoms with Crippen LogP contribution in [0.4, 0.5) is 4.79 Å². The van der Waals surface area contributed by atoms with Crippen molar-refractivity contribution in [2.75, 3.05) is 6.61 Å². The van der Waals surface area contributed by atoms with Crippen LogP contribution < -0.4 is 0 Å². The van der Waals surface area contributed by atoms with Crippen molar-refractivity contribution in [3.63, 3.8) is 0 Å². The first-order valence-electron chi connectivity index (χ1n) is 5.94. The number of hydrogen-bond acceptors (Lipinski definition) is 3. The topological polar surface area (TPSA) is 44.1 Å². The van der Waals surface area contributed by atoms with Crippen molar-refractivity contribution in [2.45, 2.75) is 13.8 Å². The molecule has 0 aliphatic heterocycles. The molecule has 0 aliphatic carbocycles. The molecule has 2 aromatic rings. The largest absolute Gasteiger partial charge is 0.449 e. The van der Waals surface area contributed by atoms with Crippen molar-refractivity contribution in [3.05, 3.63) is 42.7 Å². The Morgan fingerprint density at radius 1 is 1.33 bits per heavy atom. The molecule has 0 fully saturated rings. The average Bonchev–Trinajstić information content (AvgIpc) is 2.86. The van der Waals surface area contributed by atoms with Crippen LogP contribution in [0.5, 0.6) is 0 Å². The van der Waals surface area contributed by atoms with Gasteiger partial charge >= 0.3 is 6.09 Å². The van der Waals surface area contributed by atoms with Gasteiger partial charge in [0.05, 0.1) is 6.61 Å². The number of carbonyl (C=O) groups is 1. The molecule has 0 N–H and O–H groups in total. The highest BCUT2D eigenvalue weighted by Crippen LogP contribution is 2.16. The van der Waals surface area contributed by atoms with E-state index in [9.17, 15) is 4.79 Å². The quantitative estimate of drug-likeness (QED) is 0.832. The van der Waals surface area contributed by atoms with Crippen LogP contribution in [0.15, 0.2) is 42.7 Å². The molecular weight excluding hydrogens is 228 g/mol. The minimum Gasteiger partial charge on any atom is -0.449 e. The van der Waals surface area contributed by atoms with E-state index in [1.807, 2.05) is 44.2 Å². The monoisotopic (exact) mass is 244 g/mol. The second kappa shape index (κ2) is 5.49. The molecule has 0 radical (unpaired) electrons. The fourth-order valence-electron chi connectivity index (χ4n) is 1.56. The molecule has 0 spiro atoms. The van der Waals surface area contributed by atoms with Crippen LogP contribution in [0.1, 0.15) is 13.8 Å². The minimum absolute atomic E-state index is 0.317. The van der Waals surface area contributed by atoms with E-state index in [-0.39, 0.29) is 6.09 Å². The molecule has 1 aromatic heterocycles. The Balaban J connectivity index is 2.20. The summed E-state index contributed by atoms with van der Waals surface area (Å²) in [5, 5.41) is 0. The minimum atomic E-state index is -0.389. The van der Waals surface area contributed by atoms with Crippen molar-refractivity contribution >= 4 is 6.09 Å². The number of carbonyl (C=O) groups excluding carboxylic acids is 1. The molecule has 0 saturated carbocycles. The third kappa shape index (κ3) is 2.77. The van der Waals surface area contributed by atoms with Gasteiger partial charge in [-0.2, -0.15) is 0 Å². The van der Waals surface area contributed by atoms with Crippen LogP contribution in [-0.2, 0) is 4.74 Å².